The van der Waals surface area contributed by atoms with E-state index in [4.69, 9.17) is 28.3 Å². The van der Waals surface area contributed by atoms with Crippen molar-refractivity contribution < 1.29 is 4.79 Å². The maximum atomic E-state index is 14.4. The first-order valence-corrected chi connectivity index (χ1v) is 13.8. The number of fused-ring (bicyclic) bond motifs is 5. The first-order valence-electron chi connectivity index (χ1n) is 13.0. The van der Waals surface area contributed by atoms with Gasteiger partial charge in [0, 0.05) is 52.8 Å². The molecule has 7 rings (SSSR count). The lowest BCUT2D eigenvalue weighted by molar-refractivity contribution is -0.130. The molecule has 4 aliphatic rings. The highest BCUT2D eigenvalue weighted by Crippen LogP contribution is 2.65. The van der Waals surface area contributed by atoms with Gasteiger partial charge in [0.05, 0.1) is 17.2 Å². The molecular weight excluding hydrogens is 517 g/mol. The number of hydrogen-bond acceptors (Lipinski definition) is 5. The maximum absolute atomic E-state index is 14.4. The van der Waals surface area contributed by atoms with E-state index in [1.54, 1.807) is 0 Å². The third kappa shape index (κ3) is 3.09. The quantitative estimate of drug-likeness (QED) is 0.469. The van der Waals surface area contributed by atoms with Gasteiger partial charge in [-0.3, -0.25) is 9.69 Å². The van der Waals surface area contributed by atoms with E-state index in [0.717, 1.165) is 29.1 Å². The minimum Gasteiger partial charge on any atom is -0.324 e. The summed E-state index contributed by atoms with van der Waals surface area (Å²) in [5, 5.41) is 9.80. The number of nitrogens with zero attached hydrogens (tertiary/aromatic N) is 3. The van der Waals surface area contributed by atoms with Gasteiger partial charge >= 0.3 is 0 Å². The van der Waals surface area contributed by atoms with Crippen LogP contribution in [0, 0.1) is 11.3 Å². The molecule has 4 heterocycles. The molecule has 0 bridgehead atoms. The number of anilines is 1. The molecule has 5 atom stereocenters. The number of likely N-dealkylation sites (N-methyl/N-ethyl adjacent to an activating group) is 1. The van der Waals surface area contributed by atoms with E-state index in [-0.39, 0.29) is 23.8 Å². The minimum absolute atomic E-state index is 0.00424. The second-order valence-corrected chi connectivity index (χ2v) is 12.0. The second-order valence-electron chi connectivity index (χ2n) is 11.1. The third-order valence-electron chi connectivity index (χ3n) is 9.23. The zero-order chi connectivity index (χ0) is 26.2. The van der Waals surface area contributed by atoms with Crippen LogP contribution >= 0.6 is 23.2 Å². The van der Waals surface area contributed by atoms with Crippen molar-refractivity contribution in [1.29, 1.82) is 0 Å². The van der Waals surface area contributed by atoms with E-state index < -0.39 is 11.0 Å². The summed E-state index contributed by atoms with van der Waals surface area (Å²) in [4.78, 5) is 19.0. The van der Waals surface area contributed by atoms with Crippen molar-refractivity contribution in [2.75, 3.05) is 39.0 Å². The summed E-state index contributed by atoms with van der Waals surface area (Å²) in [6.45, 7) is 2.27. The van der Waals surface area contributed by atoms with Crippen LogP contribution in [0.25, 0.3) is 0 Å². The molecule has 3 aromatic carbocycles. The molecule has 3 aromatic rings. The molecular formula is C30H29Cl2N5O. The Hall–Kier alpha value is -2.90. The number of amides is 1. The highest BCUT2D eigenvalue weighted by molar-refractivity contribution is 6.30. The first kappa shape index (κ1) is 24.2. The Morgan fingerprint density at radius 1 is 0.895 bits per heavy atom. The Balaban J connectivity index is 1.47. The highest BCUT2D eigenvalue weighted by Gasteiger charge is 2.74. The number of nitrogens with one attached hydrogen (secondary N) is 2. The molecule has 38 heavy (non-hydrogen) atoms. The number of carbonyl (C=O) groups is 1. The van der Waals surface area contributed by atoms with Gasteiger partial charge in [-0.1, -0.05) is 65.7 Å². The number of hydrogen-bond donors (Lipinski definition) is 2. The van der Waals surface area contributed by atoms with E-state index in [2.05, 4.69) is 65.0 Å². The molecule has 0 aromatic heterocycles. The lowest BCUT2D eigenvalue weighted by atomic mass is 9.54. The molecule has 2 spiro atoms. The smallest absolute Gasteiger partial charge is 0.250 e. The Morgan fingerprint density at radius 2 is 1.55 bits per heavy atom. The molecule has 8 heteroatoms. The average Bonchev–Trinajstić information content (AvgIpc) is 3.54. The van der Waals surface area contributed by atoms with Gasteiger partial charge < -0.3 is 15.6 Å². The largest absolute Gasteiger partial charge is 0.324 e. The Labute approximate surface area is 232 Å². The molecule has 4 aliphatic heterocycles. The molecule has 2 saturated heterocycles. The van der Waals surface area contributed by atoms with Crippen LogP contribution in [0.15, 0.2) is 77.9 Å². The lowest BCUT2D eigenvalue weighted by Crippen LogP contribution is -2.66. The van der Waals surface area contributed by atoms with Crippen LogP contribution < -0.4 is 10.7 Å². The van der Waals surface area contributed by atoms with Gasteiger partial charge in [0.2, 0.25) is 0 Å². The standard InChI is InChI=1S/C30H29Cl2N5O/c1-36-15-22-26(19-9-13-21(32)14-10-19)34-35-27(22)29(17-36)24(18-7-11-20(31)12-8-18)16-37(2)30(29)23-5-3-4-6-25(23)33-28(30)38/h3-14,22,24,26,34H,15-17H2,1-2H3,(H,33,38)/t22?,24-,26-,29?,30+/m0/s1. The van der Waals surface area contributed by atoms with Crippen LogP contribution in [-0.2, 0) is 10.3 Å². The van der Waals surface area contributed by atoms with Crippen LogP contribution in [0.5, 0.6) is 0 Å². The fourth-order valence-corrected chi connectivity index (χ4v) is 8.13. The van der Waals surface area contributed by atoms with E-state index in [1.165, 1.54) is 5.56 Å². The van der Waals surface area contributed by atoms with Gasteiger partial charge in [0.1, 0.15) is 5.54 Å². The number of hydrazone groups is 1. The molecule has 1 amide bonds. The summed E-state index contributed by atoms with van der Waals surface area (Å²) in [6.07, 6.45) is 0. The second kappa shape index (κ2) is 8.55. The van der Waals surface area contributed by atoms with Gasteiger partial charge in [-0.25, -0.2) is 0 Å². The SMILES string of the molecule is CN1CC2C(=NN[C@H]2c2ccc(Cl)cc2)C2(C1)[C@H](c1ccc(Cl)cc1)CN(C)[C@]21C(=O)Nc2ccccc21. The Bertz CT molecular complexity index is 1460. The van der Waals surface area contributed by atoms with Crippen molar-refractivity contribution in [1.82, 2.24) is 15.2 Å². The van der Waals surface area contributed by atoms with Crippen LogP contribution in [-0.4, -0.2) is 55.1 Å². The predicted octanol–water partition coefficient (Wildman–Crippen LogP) is 5.12. The molecule has 194 valence electrons. The summed E-state index contributed by atoms with van der Waals surface area (Å²) in [6, 6.07) is 24.3. The summed E-state index contributed by atoms with van der Waals surface area (Å²) < 4.78 is 0. The predicted molar refractivity (Wildman–Crippen MR) is 152 cm³/mol. The van der Waals surface area contributed by atoms with Gasteiger partial charge in [-0.2, -0.15) is 5.10 Å². The molecule has 2 unspecified atom stereocenters. The van der Waals surface area contributed by atoms with Crippen LogP contribution in [0.4, 0.5) is 5.69 Å². The normalized spacial score (nSPS) is 32.3. The molecule has 0 saturated carbocycles. The fourth-order valence-electron chi connectivity index (χ4n) is 7.87. The van der Waals surface area contributed by atoms with Crippen LogP contribution in [0.3, 0.4) is 0 Å². The fraction of sp³-hybridized carbons (Fsp3) is 0.333. The number of halogens is 2. The van der Waals surface area contributed by atoms with Crippen molar-refractivity contribution in [2.45, 2.75) is 17.5 Å². The zero-order valence-corrected chi connectivity index (χ0v) is 22.8. The Morgan fingerprint density at radius 3 is 2.26 bits per heavy atom. The lowest BCUT2D eigenvalue weighted by Gasteiger charge is -2.53. The molecule has 6 nitrogen and oxygen atoms in total. The van der Waals surface area contributed by atoms with E-state index in [1.807, 2.05) is 42.5 Å². The van der Waals surface area contributed by atoms with Crippen LogP contribution in [0.1, 0.15) is 28.7 Å². The van der Waals surface area contributed by atoms with Gasteiger partial charge in [0.25, 0.3) is 5.91 Å². The third-order valence-corrected chi connectivity index (χ3v) is 9.73. The number of carbonyl (C=O) groups excluding carboxylic acids is 1. The Kier molecular flexibility index (Phi) is 5.44. The van der Waals surface area contributed by atoms with Gasteiger partial charge in [0.15, 0.2) is 0 Å². The topological polar surface area (TPSA) is 60.0 Å². The van der Waals surface area contributed by atoms with Gasteiger partial charge in [-0.15, -0.1) is 0 Å². The summed E-state index contributed by atoms with van der Waals surface area (Å²) in [7, 11) is 4.25. The maximum Gasteiger partial charge on any atom is 0.250 e. The molecule has 0 radical (unpaired) electrons. The number of benzene rings is 3. The average molecular weight is 547 g/mol. The molecule has 2 fully saturated rings. The van der Waals surface area contributed by atoms with E-state index in [0.29, 0.717) is 23.1 Å². The number of para-hydroxylation sites is 1. The molecule has 2 N–H and O–H groups in total. The minimum atomic E-state index is -0.907. The van der Waals surface area contributed by atoms with Crippen molar-refractivity contribution in [3.8, 4) is 0 Å². The van der Waals surface area contributed by atoms with Crippen molar-refractivity contribution in [3.05, 3.63) is 99.5 Å². The molecule has 0 aliphatic carbocycles. The van der Waals surface area contributed by atoms with Crippen LogP contribution in [0.2, 0.25) is 10.0 Å². The summed E-state index contributed by atoms with van der Waals surface area (Å²) in [5.41, 5.74) is 7.27. The van der Waals surface area contributed by atoms with Crippen molar-refractivity contribution in [3.63, 3.8) is 0 Å². The van der Waals surface area contributed by atoms with Crippen molar-refractivity contribution >= 4 is 40.5 Å². The zero-order valence-electron chi connectivity index (χ0n) is 21.3. The first-order chi connectivity index (χ1) is 18.4. The number of piperidine rings is 1. The van der Waals surface area contributed by atoms with E-state index in [9.17, 15) is 4.79 Å². The van der Waals surface area contributed by atoms with Gasteiger partial charge in [-0.05, 0) is 55.6 Å². The van der Waals surface area contributed by atoms with Crippen molar-refractivity contribution in [2.24, 2.45) is 16.4 Å². The number of likely N-dealkylation sites (tertiary alicyclic amines) is 2. The van der Waals surface area contributed by atoms with E-state index >= 15 is 0 Å². The monoisotopic (exact) mass is 545 g/mol. The summed E-state index contributed by atoms with van der Waals surface area (Å²) in [5.74, 6) is 0.134. The highest BCUT2D eigenvalue weighted by atomic mass is 35.5. The summed E-state index contributed by atoms with van der Waals surface area (Å²) >= 11 is 12.5. The number of rotatable bonds is 2.